The minimum absolute atomic E-state index is 0.177. The highest BCUT2D eigenvalue weighted by molar-refractivity contribution is 7.94. The van der Waals surface area contributed by atoms with Crippen molar-refractivity contribution in [3.05, 3.63) is 29.8 Å². The van der Waals surface area contributed by atoms with Gasteiger partial charge in [0.15, 0.2) is 0 Å². The fraction of sp³-hybridized carbons (Fsp3) is 0.300. The second kappa shape index (κ2) is 5.67. The lowest BCUT2D eigenvalue weighted by Crippen LogP contribution is -1.97. The van der Waals surface area contributed by atoms with Crippen LogP contribution in [0.25, 0.3) is 0 Å². The quantitative estimate of drug-likeness (QED) is 0.761. The molecule has 4 heteroatoms. The Bertz CT molecular complexity index is 295. The molecule has 14 heavy (non-hydrogen) atoms. The van der Waals surface area contributed by atoms with E-state index in [0.29, 0.717) is 6.42 Å². The number of carboxylic acids is 1. The Morgan fingerprint density at radius 1 is 1.43 bits per heavy atom. The number of carbonyl (C=O) groups is 1. The largest absolute Gasteiger partial charge is 0.481 e. The molecule has 1 rings (SSSR count). The zero-order valence-corrected chi connectivity index (χ0v) is 8.71. The van der Waals surface area contributed by atoms with E-state index in [1.165, 1.54) is 12.0 Å². The zero-order valence-electron chi connectivity index (χ0n) is 7.90. The monoisotopic (exact) mass is 212 g/mol. The van der Waals surface area contributed by atoms with Crippen molar-refractivity contribution in [1.82, 2.24) is 0 Å². The number of hydrogen-bond donors (Lipinski definition) is 1. The lowest BCUT2D eigenvalue weighted by atomic mass is 10.1. The molecule has 0 saturated carbocycles. The summed E-state index contributed by atoms with van der Waals surface area (Å²) in [5.74, 6) is -0.764. The average Bonchev–Trinajstić information content (AvgIpc) is 2.17. The Labute approximate surface area is 87.3 Å². The molecular formula is C10H12O3S. The lowest BCUT2D eigenvalue weighted by molar-refractivity contribution is -0.136. The van der Waals surface area contributed by atoms with Gasteiger partial charge in [-0.1, -0.05) is 12.1 Å². The van der Waals surface area contributed by atoms with Crippen LogP contribution in [0.15, 0.2) is 29.2 Å². The third-order valence-electron chi connectivity index (χ3n) is 1.73. The van der Waals surface area contributed by atoms with E-state index < -0.39 is 5.97 Å². The highest BCUT2D eigenvalue weighted by Gasteiger charge is 1.99. The number of hydrogen-bond acceptors (Lipinski definition) is 3. The van der Waals surface area contributed by atoms with Crippen molar-refractivity contribution < 1.29 is 14.1 Å². The Hall–Kier alpha value is -1.00. The SMILES string of the molecule is COSc1ccc(CCC(=O)O)cc1. The Morgan fingerprint density at radius 2 is 2.07 bits per heavy atom. The highest BCUT2D eigenvalue weighted by atomic mass is 32.2. The second-order valence-electron chi connectivity index (χ2n) is 2.79. The standard InChI is InChI=1S/C10H12O3S/c1-13-14-9-5-2-8(3-6-9)4-7-10(11)12/h2-3,5-6H,4,7H2,1H3,(H,11,12). The van der Waals surface area contributed by atoms with Crippen LogP contribution in [-0.4, -0.2) is 18.2 Å². The van der Waals surface area contributed by atoms with Gasteiger partial charge in [0.05, 0.1) is 7.11 Å². The fourth-order valence-electron chi connectivity index (χ4n) is 1.06. The van der Waals surface area contributed by atoms with Gasteiger partial charge < -0.3 is 9.29 Å². The first-order valence-corrected chi connectivity index (χ1v) is 4.98. The molecular weight excluding hydrogens is 200 g/mol. The third kappa shape index (κ3) is 3.81. The van der Waals surface area contributed by atoms with E-state index in [-0.39, 0.29) is 6.42 Å². The first kappa shape index (κ1) is 11.1. The van der Waals surface area contributed by atoms with Gasteiger partial charge in [0.1, 0.15) is 0 Å². The molecule has 3 nitrogen and oxygen atoms in total. The third-order valence-corrected chi connectivity index (χ3v) is 2.36. The molecule has 0 aliphatic rings. The van der Waals surface area contributed by atoms with Crippen LogP contribution < -0.4 is 0 Å². The maximum atomic E-state index is 10.3. The molecule has 1 aromatic rings. The number of benzene rings is 1. The highest BCUT2D eigenvalue weighted by Crippen LogP contribution is 2.18. The van der Waals surface area contributed by atoms with Crippen molar-refractivity contribution in [3.8, 4) is 0 Å². The smallest absolute Gasteiger partial charge is 0.303 e. The van der Waals surface area contributed by atoms with Crippen LogP contribution in [0.1, 0.15) is 12.0 Å². The van der Waals surface area contributed by atoms with E-state index in [1.54, 1.807) is 7.11 Å². The van der Waals surface area contributed by atoms with Gasteiger partial charge in [-0.2, -0.15) is 0 Å². The van der Waals surface area contributed by atoms with E-state index in [4.69, 9.17) is 9.29 Å². The van der Waals surface area contributed by atoms with E-state index in [0.717, 1.165) is 10.5 Å². The summed E-state index contributed by atoms with van der Waals surface area (Å²) in [5.41, 5.74) is 1.04. The van der Waals surface area contributed by atoms with Crippen molar-refractivity contribution in [1.29, 1.82) is 0 Å². The predicted octanol–water partition coefficient (Wildman–Crippen LogP) is 2.36. The van der Waals surface area contributed by atoms with Crippen LogP contribution in [0, 0.1) is 0 Å². The second-order valence-corrected chi connectivity index (χ2v) is 3.76. The van der Waals surface area contributed by atoms with Crippen LogP contribution in [0.4, 0.5) is 0 Å². The van der Waals surface area contributed by atoms with Gasteiger partial charge in [-0.25, -0.2) is 0 Å². The molecule has 1 aromatic carbocycles. The molecule has 1 N–H and O–H groups in total. The van der Waals surface area contributed by atoms with E-state index in [2.05, 4.69) is 0 Å². The summed E-state index contributed by atoms with van der Waals surface area (Å²) < 4.78 is 4.89. The van der Waals surface area contributed by atoms with Gasteiger partial charge >= 0.3 is 5.97 Å². The predicted molar refractivity (Wildman–Crippen MR) is 55.3 cm³/mol. The summed E-state index contributed by atoms with van der Waals surface area (Å²) in [6.45, 7) is 0. The van der Waals surface area contributed by atoms with Crippen molar-refractivity contribution >= 4 is 18.0 Å². The summed E-state index contributed by atoms with van der Waals surface area (Å²) in [6.07, 6.45) is 0.754. The van der Waals surface area contributed by atoms with Gasteiger partial charge in [0, 0.05) is 23.4 Å². The van der Waals surface area contributed by atoms with Crippen molar-refractivity contribution in [2.75, 3.05) is 7.11 Å². The van der Waals surface area contributed by atoms with Crippen molar-refractivity contribution in [2.45, 2.75) is 17.7 Å². The Kier molecular flexibility index (Phi) is 4.49. The summed E-state index contributed by atoms with van der Waals surface area (Å²) in [5, 5.41) is 8.49. The molecule has 0 saturated heterocycles. The summed E-state index contributed by atoms with van der Waals surface area (Å²) in [4.78, 5) is 11.3. The molecule has 0 unspecified atom stereocenters. The number of aliphatic carboxylic acids is 1. The summed E-state index contributed by atoms with van der Waals surface area (Å²) >= 11 is 1.29. The van der Waals surface area contributed by atoms with Gasteiger partial charge in [-0.3, -0.25) is 4.79 Å². The van der Waals surface area contributed by atoms with E-state index in [9.17, 15) is 4.79 Å². The van der Waals surface area contributed by atoms with Gasteiger partial charge in [0.2, 0.25) is 0 Å². The average molecular weight is 212 g/mol. The Morgan fingerprint density at radius 3 is 2.57 bits per heavy atom. The molecule has 0 aromatic heterocycles. The van der Waals surface area contributed by atoms with Crippen molar-refractivity contribution in [3.63, 3.8) is 0 Å². The maximum absolute atomic E-state index is 10.3. The molecule has 0 fully saturated rings. The number of aryl methyl sites for hydroxylation is 1. The van der Waals surface area contributed by atoms with Crippen LogP contribution in [0.2, 0.25) is 0 Å². The van der Waals surface area contributed by atoms with Crippen LogP contribution in [0.5, 0.6) is 0 Å². The molecule has 76 valence electrons. The molecule has 0 heterocycles. The molecule has 0 radical (unpaired) electrons. The zero-order chi connectivity index (χ0) is 10.4. The van der Waals surface area contributed by atoms with Crippen LogP contribution in [-0.2, 0) is 15.4 Å². The van der Waals surface area contributed by atoms with Gasteiger partial charge in [-0.05, 0) is 24.1 Å². The van der Waals surface area contributed by atoms with Crippen molar-refractivity contribution in [2.24, 2.45) is 0 Å². The molecule has 0 atom stereocenters. The van der Waals surface area contributed by atoms with Gasteiger partial charge in [0.25, 0.3) is 0 Å². The number of rotatable bonds is 5. The van der Waals surface area contributed by atoms with E-state index in [1.807, 2.05) is 24.3 Å². The number of carboxylic acid groups (broad SMARTS) is 1. The molecule has 0 aliphatic heterocycles. The van der Waals surface area contributed by atoms with Crippen LogP contribution in [0.3, 0.4) is 0 Å². The lowest BCUT2D eigenvalue weighted by Gasteiger charge is -2.00. The maximum Gasteiger partial charge on any atom is 0.303 e. The summed E-state index contributed by atoms with van der Waals surface area (Å²) in [7, 11) is 1.61. The minimum Gasteiger partial charge on any atom is -0.481 e. The van der Waals surface area contributed by atoms with Crippen LogP contribution >= 0.6 is 12.0 Å². The topological polar surface area (TPSA) is 46.5 Å². The summed E-state index contributed by atoms with van der Waals surface area (Å²) in [6, 6.07) is 7.69. The molecule has 0 bridgehead atoms. The first-order valence-electron chi connectivity index (χ1n) is 4.24. The van der Waals surface area contributed by atoms with Gasteiger partial charge in [-0.15, -0.1) is 0 Å². The molecule has 0 aliphatic carbocycles. The van der Waals surface area contributed by atoms with E-state index >= 15 is 0 Å². The normalized spacial score (nSPS) is 10.1. The first-order chi connectivity index (χ1) is 6.72. The molecule has 0 spiro atoms. The fourth-order valence-corrected chi connectivity index (χ4v) is 1.50. The molecule has 0 amide bonds. The Balaban J connectivity index is 2.50. The minimum atomic E-state index is -0.764.